The number of hydrogen-bond acceptors (Lipinski definition) is 3. The van der Waals surface area contributed by atoms with Crippen LogP contribution in [-0.2, 0) is 0 Å². The summed E-state index contributed by atoms with van der Waals surface area (Å²) in [6.45, 7) is 3.14. The van der Waals surface area contributed by atoms with Crippen LogP contribution < -0.4 is 10.6 Å². The van der Waals surface area contributed by atoms with Crippen LogP contribution in [0.25, 0.3) is 0 Å². The molecule has 0 aromatic carbocycles. The molecule has 3 nitrogen and oxygen atoms in total. The van der Waals surface area contributed by atoms with Gasteiger partial charge in [0.05, 0.1) is 6.04 Å². The Morgan fingerprint density at radius 1 is 1.47 bits per heavy atom. The minimum atomic E-state index is 0. The third-order valence-corrected chi connectivity index (χ3v) is 4.37. The molecule has 110 valence electrons. The number of aliphatic imine (C=N–C) groups is 1. The molecule has 0 aliphatic carbocycles. The van der Waals surface area contributed by atoms with E-state index in [1.165, 1.54) is 23.5 Å². The summed E-state index contributed by atoms with van der Waals surface area (Å²) in [5.41, 5.74) is 0. The summed E-state index contributed by atoms with van der Waals surface area (Å²) >= 11 is 3.67. The number of hydrogen-bond donors (Lipinski definition) is 2. The predicted molar refractivity (Wildman–Crippen MR) is 100 cm³/mol. The van der Waals surface area contributed by atoms with Crippen LogP contribution in [0.1, 0.15) is 30.7 Å². The normalized spacial score (nSPS) is 12.7. The van der Waals surface area contributed by atoms with Gasteiger partial charge in [0.25, 0.3) is 0 Å². The molecule has 0 fully saturated rings. The second-order valence-electron chi connectivity index (χ2n) is 4.08. The Morgan fingerprint density at radius 2 is 2.26 bits per heavy atom. The largest absolute Gasteiger partial charge is 0.356 e. The maximum absolute atomic E-state index is 4.25. The standard InChI is InChI=1S/C13H23N3S2.HI/c1-11(12-7-6-10-18-12)16-13(14-2)15-8-4-5-9-17-3;/h6-7,10-11H,4-5,8-9H2,1-3H3,(H2,14,15,16);1H. The maximum atomic E-state index is 4.25. The molecule has 0 radical (unpaired) electrons. The molecule has 6 heteroatoms. The lowest BCUT2D eigenvalue weighted by Crippen LogP contribution is -2.38. The molecule has 19 heavy (non-hydrogen) atoms. The van der Waals surface area contributed by atoms with Crippen LogP contribution in [-0.4, -0.2) is 31.6 Å². The first kappa shape index (κ1) is 19.1. The number of nitrogens with one attached hydrogen (secondary N) is 2. The van der Waals surface area contributed by atoms with Crippen LogP contribution in [0.5, 0.6) is 0 Å². The van der Waals surface area contributed by atoms with Crippen molar-refractivity contribution < 1.29 is 0 Å². The Balaban J connectivity index is 0.00000324. The molecule has 1 heterocycles. The van der Waals surface area contributed by atoms with Gasteiger partial charge < -0.3 is 10.6 Å². The van der Waals surface area contributed by atoms with Gasteiger partial charge in [-0.15, -0.1) is 35.3 Å². The molecule has 0 aliphatic rings. The van der Waals surface area contributed by atoms with E-state index in [0.717, 1.165) is 12.5 Å². The molecule has 2 N–H and O–H groups in total. The molecule has 1 rings (SSSR count). The van der Waals surface area contributed by atoms with E-state index in [1.54, 1.807) is 11.3 Å². The Hall–Kier alpha value is 0.0500. The number of rotatable bonds is 7. The third kappa shape index (κ3) is 8.04. The maximum Gasteiger partial charge on any atom is 0.191 e. The summed E-state index contributed by atoms with van der Waals surface area (Å²) in [6.07, 6.45) is 4.59. The third-order valence-electron chi connectivity index (χ3n) is 2.61. The summed E-state index contributed by atoms with van der Waals surface area (Å²) in [5.74, 6) is 2.12. The van der Waals surface area contributed by atoms with Crippen molar-refractivity contribution >= 4 is 53.0 Å². The zero-order valence-electron chi connectivity index (χ0n) is 11.8. The zero-order chi connectivity index (χ0) is 13.2. The van der Waals surface area contributed by atoms with Crippen molar-refractivity contribution in [3.8, 4) is 0 Å². The van der Waals surface area contributed by atoms with Gasteiger partial charge in [-0.1, -0.05) is 6.07 Å². The molecule has 1 aromatic rings. The number of halogens is 1. The minimum Gasteiger partial charge on any atom is -0.356 e. The van der Waals surface area contributed by atoms with Crippen LogP contribution >= 0.6 is 47.1 Å². The van der Waals surface area contributed by atoms with Crippen molar-refractivity contribution in [3.63, 3.8) is 0 Å². The molecular formula is C13H24IN3S2. The van der Waals surface area contributed by atoms with Gasteiger partial charge in [0, 0.05) is 18.5 Å². The van der Waals surface area contributed by atoms with Gasteiger partial charge >= 0.3 is 0 Å². The molecule has 0 bridgehead atoms. The van der Waals surface area contributed by atoms with E-state index < -0.39 is 0 Å². The molecule has 0 spiro atoms. The summed E-state index contributed by atoms with van der Waals surface area (Å²) in [6, 6.07) is 4.53. The number of guanidine groups is 1. The van der Waals surface area contributed by atoms with Crippen molar-refractivity contribution in [1.82, 2.24) is 10.6 Å². The van der Waals surface area contributed by atoms with Gasteiger partial charge in [-0.3, -0.25) is 4.99 Å². The molecule has 0 amide bonds. The average Bonchev–Trinajstić information content (AvgIpc) is 2.91. The second kappa shape index (κ2) is 11.8. The van der Waals surface area contributed by atoms with Crippen LogP contribution in [0, 0.1) is 0 Å². The van der Waals surface area contributed by atoms with Gasteiger partial charge in [0.15, 0.2) is 5.96 Å². The fraction of sp³-hybridized carbons (Fsp3) is 0.615. The number of unbranched alkanes of at least 4 members (excludes halogenated alkanes) is 1. The number of thiophene rings is 1. The Labute approximate surface area is 142 Å². The SMILES string of the molecule is CN=C(NCCCCSC)NC(C)c1cccs1.I. The van der Waals surface area contributed by atoms with E-state index in [9.17, 15) is 0 Å². The predicted octanol–water partition coefficient (Wildman–Crippen LogP) is 3.74. The van der Waals surface area contributed by atoms with Gasteiger partial charge in [-0.05, 0) is 43.2 Å². The first-order chi connectivity index (χ1) is 8.77. The molecule has 1 unspecified atom stereocenters. The Morgan fingerprint density at radius 3 is 2.84 bits per heavy atom. The van der Waals surface area contributed by atoms with Crippen LogP contribution in [0.3, 0.4) is 0 Å². The number of thioether (sulfide) groups is 1. The average molecular weight is 413 g/mol. The topological polar surface area (TPSA) is 36.4 Å². The first-order valence-electron chi connectivity index (χ1n) is 6.27. The molecule has 0 saturated carbocycles. The highest BCUT2D eigenvalue weighted by Gasteiger charge is 2.07. The van der Waals surface area contributed by atoms with Crippen molar-refractivity contribution in [1.29, 1.82) is 0 Å². The lowest BCUT2D eigenvalue weighted by molar-refractivity contribution is 0.680. The zero-order valence-corrected chi connectivity index (χ0v) is 15.8. The van der Waals surface area contributed by atoms with Gasteiger partial charge in [-0.25, -0.2) is 0 Å². The molecule has 0 aliphatic heterocycles. The summed E-state index contributed by atoms with van der Waals surface area (Å²) < 4.78 is 0. The monoisotopic (exact) mass is 413 g/mol. The summed E-state index contributed by atoms with van der Waals surface area (Å²) in [5, 5.41) is 8.86. The van der Waals surface area contributed by atoms with Crippen LogP contribution in [0.2, 0.25) is 0 Å². The van der Waals surface area contributed by atoms with Crippen molar-refractivity contribution in [2.75, 3.05) is 25.6 Å². The fourth-order valence-corrected chi connectivity index (χ4v) is 2.81. The summed E-state index contributed by atoms with van der Waals surface area (Å²) in [4.78, 5) is 5.58. The van der Waals surface area contributed by atoms with E-state index in [0.29, 0.717) is 6.04 Å². The Kier molecular flexibility index (Phi) is 11.9. The van der Waals surface area contributed by atoms with E-state index in [-0.39, 0.29) is 24.0 Å². The summed E-state index contributed by atoms with van der Waals surface area (Å²) in [7, 11) is 1.82. The lowest BCUT2D eigenvalue weighted by atomic mass is 10.3. The fourth-order valence-electron chi connectivity index (χ4n) is 1.59. The lowest BCUT2D eigenvalue weighted by Gasteiger charge is -2.16. The van der Waals surface area contributed by atoms with Gasteiger partial charge in [-0.2, -0.15) is 11.8 Å². The quantitative estimate of drug-likeness (QED) is 0.310. The van der Waals surface area contributed by atoms with Crippen molar-refractivity contribution in [2.24, 2.45) is 4.99 Å². The van der Waals surface area contributed by atoms with E-state index in [2.05, 4.69) is 46.3 Å². The van der Waals surface area contributed by atoms with E-state index in [1.807, 2.05) is 18.8 Å². The van der Waals surface area contributed by atoms with Crippen LogP contribution in [0.15, 0.2) is 22.5 Å². The number of nitrogens with zero attached hydrogens (tertiary/aromatic N) is 1. The van der Waals surface area contributed by atoms with Crippen molar-refractivity contribution in [2.45, 2.75) is 25.8 Å². The van der Waals surface area contributed by atoms with Crippen molar-refractivity contribution in [3.05, 3.63) is 22.4 Å². The second-order valence-corrected chi connectivity index (χ2v) is 6.05. The highest BCUT2D eigenvalue weighted by Crippen LogP contribution is 2.17. The highest BCUT2D eigenvalue weighted by molar-refractivity contribution is 14.0. The smallest absolute Gasteiger partial charge is 0.191 e. The van der Waals surface area contributed by atoms with E-state index >= 15 is 0 Å². The minimum absolute atomic E-state index is 0. The van der Waals surface area contributed by atoms with Crippen LogP contribution in [0.4, 0.5) is 0 Å². The molecule has 0 saturated heterocycles. The first-order valence-corrected chi connectivity index (χ1v) is 8.54. The van der Waals surface area contributed by atoms with Gasteiger partial charge in [0.1, 0.15) is 0 Å². The molecule has 1 aromatic heterocycles. The highest BCUT2D eigenvalue weighted by atomic mass is 127. The van der Waals surface area contributed by atoms with E-state index in [4.69, 9.17) is 0 Å². The van der Waals surface area contributed by atoms with Gasteiger partial charge in [0.2, 0.25) is 0 Å². The Bertz CT molecular complexity index is 342. The molecule has 1 atom stereocenters. The molecular weight excluding hydrogens is 389 g/mol.